The largest absolute Gasteiger partial charge is 0.341 e. The van der Waals surface area contributed by atoms with Crippen LogP contribution in [0.15, 0.2) is 78.9 Å². The summed E-state index contributed by atoms with van der Waals surface area (Å²) < 4.78 is 13.2. The lowest BCUT2D eigenvalue weighted by molar-refractivity contribution is -0.134. The van der Waals surface area contributed by atoms with Gasteiger partial charge in [0.15, 0.2) is 0 Å². The number of hydrogen-bond donors (Lipinski definition) is 2. The SMILES string of the molecule is O=C(N[C@@H](CCCCN[C@@H]1C[C@H]1c1ccc(F)cc1)C(=O)N1CCCCC1)c1ccc(-c2ccccc2)cc1. The van der Waals surface area contributed by atoms with Crippen molar-refractivity contribution in [2.45, 2.75) is 62.9 Å². The van der Waals surface area contributed by atoms with E-state index < -0.39 is 6.04 Å². The van der Waals surface area contributed by atoms with Gasteiger partial charge in [0.2, 0.25) is 5.91 Å². The van der Waals surface area contributed by atoms with Gasteiger partial charge in [-0.05, 0) is 92.4 Å². The highest BCUT2D eigenvalue weighted by Crippen LogP contribution is 2.40. The lowest BCUT2D eigenvalue weighted by Gasteiger charge is -2.31. The molecular weight excluding hydrogens is 489 g/mol. The molecule has 2 aliphatic rings. The smallest absolute Gasteiger partial charge is 0.251 e. The Labute approximate surface area is 230 Å². The van der Waals surface area contributed by atoms with Gasteiger partial charge < -0.3 is 15.5 Å². The molecule has 1 saturated carbocycles. The van der Waals surface area contributed by atoms with Gasteiger partial charge in [0.1, 0.15) is 11.9 Å². The number of carbonyl (C=O) groups is 2. The maximum atomic E-state index is 13.4. The topological polar surface area (TPSA) is 61.4 Å². The third kappa shape index (κ3) is 7.33. The molecule has 5 nitrogen and oxygen atoms in total. The van der Waals surface area contributed by atoms with E-state index in [9.17, 15) is 14.0 Å². The second-order valence-corrected chi connectivity index (χ2v) is 10.8. The Morgan fingerprint density at radius 2 is 1.54 bits per heavy atom. The first-order valence-corrected chi connectivity index (χ1v) is 14.3. The number of hydrogen-bond acceptors (Lipinski definition) is 3. The van der Waals surface area contributed by atoms with Gasteiger partial charge in [-0.1, -0.05) is 54.6 Å². The van der Waals surface area contributed by atoms with E-state index in [0.717, 1.165) is 69.3 Å². The number of halogens is 1. The molecule has 2 N–H and O–H groups in total. The van der Waals surface area contributed by atoms with Crippen LogP contribution in [0.25, 0.3) is 11.1 Å². The molecule has 0 aromatic heterocycles. The van der Waals surface area contributed by atoms with Crippen LogP contribution in [0.3, 0.4) is 0 Å². The summed E-state index contributed by atoms with van der Waals surface area (Å²) in [5, 5.41) is 6.65. The molecule has 1 aliphatic heterocycles. The summed E-state index contributed by atoms with van der Waals surface area (Å²) >= 11 is 0. The standard InChI is InChI=1S/C33H38FN3O2/c34-28-18-16-26(17-19-28)29-23-31(29)35-20-6-5-11-30(33(39)37-21-7-2-8-22-37)36-32(38)27-14-12-25(13-15-27)24-9-3-1-4-10-24/h1,3-4,9-10,12-19,29-31,35H,2,5-8,11,20-23H2,(H,36,38)/t29-,30-,31+/m0/s1. The molecule has 1 saturated heterocycles. The van der Waals surface area contributed by atoms with Crippen molar-refractivity contribution in [2.24, 2.45) is 0 Å². The first-order valence-electron chi connectivity index (χ1n) is 14.3. The van der Waals surface area contributed by atoms with Crippen LogP contribution in [0, 0.1) is 5.82 Å². The molecule has 0 radical (unpaired) electrons. The predicted molar refractivity (Wildman–Crippen MR) is 153 cm³/mol. The van der Waals surface area contributed by atoms with E-state index in [1.165, 1.54) is 17.7 Å². The summed E-state index contributed by atoms with van der Waals surface area (Å²) in [6.45, 7) is 2.40. The first kappa shape index (κ1) is 27.1. The molecule has 0 bridgehead atoms. The summed E-state index contributed by atoms with van der Waals surface area (Å²) in [5.41, 5.74) is 3.90. The van der Waals surface area contributed by atoms with Crippen molar-refractivity contribution in [3.8, 4) is 11.1 Å². The van der Waals surface area contributed by atoms with Gasteiger partial charge in [0.05, 0.1) is 0 Å². The number of amides is 2. The van der Waals surface area contributed by atoms with E-state index in [2.05, 4.69) is 10.6 Å². The van der Waals surface area contributed by atoms with Crippen LogP contribution in [-0.2, 0) is 4.79 Å². The molecule has 204 valence electrons. The molecule has 0 unspecified atom stereocenters. The molecule has 0 spiro atoms. The third-order valence-corrected chi connectivity index (χ3v) is 7.94. The molecule has 5 rings (SSSR count). The van der Waals surface area contributed by atoms with Crippen LogP contribution >= 0.6 is 0 Å². The second kappa shape index (κ2) is 13.0. The number of carbonyl (C=O) groups excluding carboxylic acids is 2. The summed E-state index contributed by atoms with van der Waals surface area (Å²) in [6.07, 6.45) is 6.66. The highest BCUT2D eigenvalue weighted by Gasteiger charge is 2.37. The minimum atomic E-state index is -0.516. The van der Waals surface area contributed by atoms with Crippen molar-refractivity contribution in [3.05, 3.63) is 95.8 Å². The molecule has 3 aromatic carbocycles. The molecule has 2 amide bonds. The average molecular weight is 528 g/mol. The Hall–Kier alpha value is -3.51. The van der Waals surface area contributed by atoms with Crippen LogP contribution in [-0.4, -0.2) is 48.4 Å². The number of likely N-dealkylation sites (tertiary alicyclic amines) is 1. The Balaban J connectivity index is 1.13. The minimum Gasteiger partial charge on any atom is -0.341 e. The van der Waals surface area contributed by atoms with Gasteiger partial charge in [0.25, 0.3) is 5.91 Å². The second-order valence-electron chi connectivity index (χ2n) is 10.8. The summed E-state index contributed by atoms with van der Waals surface area (Å²) in [5.74, 6) is 0.0825. The van der Waals surface area contributed by atoms with E-state index in [1.54, 1.807) is 0 Å². The first-order chi connectivity index (χ1) is 19.1. The van der Waals surface area contributed by atoms with Gasteiger partial charge in [-0.2, -0.15) is 0 Å². The molecule has 6 heteroatoms. The summed E-state index contributed by atoms with van der Waals surface area (Å²) in [4.78, 5) is 28.4. The van der Waals surface area contributed by atoms with Crippen molar-refractivity contribution in [1.82, 2.24) is 15.5 Å². The Kier molecular flexibility index (Phi) is 9.04. The van der Waals surface area contributed by atoms with Crippen molar-refractivity contribution < 1.29 is 14.0 Å². The summed E-state index contributed by atoms with van der Waals surface area (Å²) in [6, 6.07) is 24.3. The molecule has 3 aromatic rings. The van der Waals surface area contributed by atoms with E-state index in [1.807, 2.05) is 71.6 Å². The minimum absolute atomic E-state index is 0.0375. The van der Waals surface area contributed by atoms with E-state index in [4.69, 9.17) is 0 Å². The van der Waals surface area contributed by atoms with Crippen molar-refractivity contribution in [1.29, 1.82) is 0 Å². The number of unbranched alkanes of at least 4 members (excludes halogenated alkanes) is 1. The maximum absolute atomic E-state index is 13.4. The van der Waals surface area contributed by atoms with E-state index >= 15 is 0 Å². The normalized spacial score (nSPS) is 19.4. The fourth-order valence-corrected chi connectivity index (χ4v) is 5.54. The lowest BCUT2D eigenvalue weighted by atomic mass is 10.0. The fourth-order valence-electron chi connectivity index (χ4n) is 5.54. The molecular formula is C33H38FN3O2. The fraction of sp³-hybridized carbons (Fsp3) is 0.394. The number of piperidine rings is 1. The van der Waals surface area contributed by atoms with Crippen LogP contribution in [0.1, 0.15) is 66.8 Å². The Bertz CT molecular complexity index is 1220. The molecule has 3 atom stereocenters. The van der Waals surface area contributed by atoms with Gasteiger partial charge in [0, 0.05) is 30.6 Å². The van der Waals surface area contributed by atoms with Gasteiger partial charge in [-0.25, -0.2) is 4.39 Å². The molecule has 1 aliphatic carbocycles. The molecule has 39 heavy (non-hydrogen) atoms. The molecule has 1 heterocycles. The number of benzene rings is 3. The highest BCUT2D eigenvalue weighted by molar-refractivity contribution is 5.98. The number of nitrogens with one attached hydrogen (secondary N) is 2. The number of nitrogens with zero attached hydrogens (tertiary/aromatic N) is 1. The lowest BCUT2D eigenvalue weighted by Crippen LogP contribution is -2.50. The summed E-state index contributed by atoms with van der Waals surface area (Å²) in [7, 11) is 0. The maximum Gasteiger partial charge on any atom is 0.251 e. The Morgan fingerprint density at radius 3 is 2.26 bits per heavy atom. The molecule has 2 fully saturated rings. The average Bonchev–Trinajstić information content (AvgIpc) is 3.77. The van der Waals surface area contributed by atoms with Crippen molar-refractivity contribution in [3.63, 3.8) is 0 Å². The van der Waals surface area contributed by atoms with E-state index in [0.29, 0.717) is 23.9 Å². The van der Waals surface area contributed by atoms with Crippen LogP contribution in [0.2, 0.25) is 0 Å². The zero-order chi connectivity index (χ0) is 27.0. The van der Waals surface area contributed by atoms with Crippen LogP contribution in [0.4, 0.5) is 4.39 Å². The monoisotopic (exact) mass is 527 g/mol. The third-order valence-electron chi connectivity index (χ3n) is 7.94. The van der Waals surface area contributed by atoms with E-state index in [-0.39, 0.29) is 17.6 Å². The van der Waals surface area contributed by atoms with Crippen molar-refractivity contribution >= 4 is 11.8 Å². The van der Waals surface area contributed by atoms with Gasteiger partial charge in [-0.3, -0.25) is 9.59 Å². The zero-order valence-corrected chi connectivity index (χ0v) is 22.5. The highest BCUT2D eigenvalue weighted by atomic mass is 19.1. The predicted octanol–water partition coefficient (Wildman–Crippen LogP) is 5.92. The van der Waals surface area contributed by atoms with Gasteiger partial charge in [-0.15, -0.1) is 0 Å². The van der Waals surface area contributed by atoms with Crippen molar-refractivity contribution in [2.75, 3.05) is 19.6 Å². The zero-order valence-electron chi connectivity index (χ0n) is 22.5. The Morgan fingerprint density at radius 1 is 0.846 bits per heavy atom. The number of rotatable bonds is 11. The van der Waals surface area contributed by atoms with Crippen LogP contribution in [0.5, 0.6) is 0 Å². The van der Waals surface area contributed by atoms with Crippen LogP contribution < -0.4 is 10.6 Å². The quantitative estimate of drug-likeness (QED) is 0.304. The van der Waals surface area contributed by atoms with Gasteiger partial charge >= 0.3 is 0 Å².